The second kappa shape index (κ2) is 5.26. The predicted molar refractivity (Wildman–Crippen MR) is 68.8 cm³/mol. The van der Waals surface area contributed by atoms with Crippen LogP contribution in [0.1, 0.15) is 21.5 Å². The highest BCUT2D eigenvalue weighted by molar-refractivity contribution is 5.95. The van der Waals surface area contributed by atoms with E-state index in [2.05, 4.69) is 11.7 Å². The number of aromatic nitrogens is 2. The van der Waals surface area contributed by atoms with E-state index < -0.39 is 5.91 Å². The van der Waals surface area contributed by atoms with Gasteiger partial charge in [0.25, 0.3) is 0 Å². The number of hydrogen-bond donors (Lipinski definition) is 2. The molecule has 0 unspecified atom stereocenters. The Kier molecular flexibility index (Phi) is 3.51. The molecule has 2 aromatic rings. The SMILES string of the molecule is C=Cc1cccc(C(N)=O)c1COc1ccn(O)n1. The van der Waals surface area contributed by atoms with Gasteiger partial charge in [0, 0.05) is 17.2 Å². The minimum absolute atomic E-state index is 0.109. The number of hydrogen-bond acceptors (Lipinski definition) is 4. The third-order valence-corrected chi connectivity index (χ3v) is 2.61. The summed E-state index contributed by atoms with van der Waals surface area (Å²) in [5.74, 6) is -0.285. The molecular formula is C13H13N3O3. The second-order valence-electron chi connectivity index (χ2n) is 3.80. The highest BCUT2D eigenvalue weighted by atomic mass is 16.5. The maximum Gasteiger partial charge on any atom is 0.249 e. The van der Waals surface area contributed by atoms with Crippen molar-refractivity contribution < 1.29 is 14.7 Å². The first-order valence-corrected chi connectivity index (χ1v) is 5.53. The van der Waals surface area contributed by atoms with Crippen molar-refractivity contribution in [3.8, 4) is 5.88 Å². The number of primary amides is 1. The van der Waals surface area contributed by atoms with Gasteiger partial charge in [0.2, 0.25) is 11.8 Å². The molecule has 0 saturated carbocycles. The normalized spacial score (nSPS) is 10.1. The first-order chi connectivity index (χ1) is 9.11. The van der Waals surface area contributed by atoms with Crippen LogP contribution in [0.25, 0.3) is 6.08 Å². The molecule has 1 amide bonds. The van der Waals surface area contributed by atoms with E-state index in [0.717, 1.165) is 5.56 Å². The molecule has 1 aromatic carbocycles. The van der Waals surface area contributed by atoms with Gasteiger partial charge in [0.15, 0.2) is 0 Å². The van der Waals surface area contributed by atoms with Crippen LogP contribution in [0, 0.1) is 0 Å². The molecule has 19 heavy (non-hydrogen) atoms. The summed E-state index contributed by atoms with van der Waals surface area (Å²) in [5.41, 5.74) is 7.10. The maximum atomic E-state index is 11.4. The molecule has 0 fully saturated rings. The molecule has 0 aliphatic carbocycles. The number of ether oxygens (including phenoxy) is 1. The summed E-state index contributed by atoms with van der Waals surface area (Å²) in [6, 6.07) is 6.66. The van der Waals surface area contributed by atoms with Crippen molar-refractivity contribution in [2.45, 2.75) is 6.61 Å². The number of amides is 1. The Bertz CT molecular complexity index is 619. The van der Waals surface area contributed by atoms with E-state index in [9.17, 15) is 4.79 Å². The van der Waals surface area contributed by atoms with Crippen LogP contribution in [0.3, 0.4) is 0 Å². The summed E-state index contributed by atoms with van der Waals surface area (Å²) in [5, 5.41) is 12.7. The fourth-order valence-electron chi connectivity index (χ4n) is 1.71. The average molecular weight is 259 g/mol. The van der Waals surface area contributed by atoms with Gasteiger partial charge in [-0.25, -0.2) is 0 Å². The summed E-state index contributed by atoms with van der Waals surface area (Å²) in [4.78, 5) is 12.0. The summed E-state index contributed by atoms with van der Waals surface area (Å²) in [6.07, 6.45) is 2.96. The van der Waals surface area contributed by atoms with Gasteiger partial charge in [0.1, 0.15) is 6.61 Å². The Balaban J connectivity index is 2.27. The van der Waals surface area contributed by atoms with Gasteiger partial charge in [-0.15, -0.1) is 4.85 Å². The molecule has 0 aliphatic rings. The van der Waals surface area contributed by atoms with Crippen molar-refractivity contribution in [3.05, 3.63) is 53.7 Å². The first-order valence-electron chi connectivity index (χ1n) is 5.53. The van der Waals surface area contributed by atoms with Crippen molar-refractivity contribution in [3.63, 3.8) is 0 Å². The maximum absolute atomic E-state index is 11.4. The molecule has 98 valence electrons. The van der Waals surface area contributed by atoms with Gasteiger partial charge in [-0.2, -0.15) is 0 Å². The Morgan fingerprint density at radius 3 is 2.89 bits per heavy atom. The Morgan fingerprint density at radius 2 is 2.32 bits per heavy atom. The van der Waals surface area contributed by atoms with E-state index >= 15 is 0 Å². The number of benzene rings is 1. The van der Waals surface area contributed by atoms with E-state index in [-0.39, 0.29) is 12.5 Å². The lowest BCUT2D eigenvalue weighted by molar-refractivity contribution is 0.0997. The van der Waals surface area contributed by atoms with Crippen molar-refractivity contribution in [2.75, 3.05) is 0 Å². The lowest BCUT2D eigenvalue weighted by Gasteiger charge is -2.10. The van der Waals surface area contributed by atoms with Gasteiger partial charge in [-0.3, -0.25) is 4.79 Å². The van der Waals surface area contributed by atoms with E-state index in [1.165, 1.54) is 12.3 Å². The summed E-state index contributed by atoms with van der Waals surface area (Å²) >= 11 is 0. The number of carbonyl (C=O) groups is 1. The zero-order chi connectivity index (χ0) is 13.8. The van der Waals surface area contributed by atoms with E-state index in [1.807, 2.05) is 6.07 Å². The van der Waals surface area contributed by atoms with E-state index in [0.29, 0.717) is 16.0 Å². The van der Waals surface area contributed by atoms with Crippen molar-refractivity contribution in [1.29, 1.82) is 0 Å². The van der Waals surface area contributed by atoms with Crippen molar-refractivity contribution in [2.24, 2.45) is 5.73 Å². The van der Waals surface area contributed by atoms with Crippen molar-refractivity contribution in [1.82, 2.24) is 9.94 Å². The van der Waals surface area contributed by atoms with Crippen LogP contribution in [0.2, 0.25) is 0 Å². The standard InChI is InChI=1S/C13H13N3O3/c1-2-9-4-3-5-10(13(14)17)11(9)8-19-12-6-7-16(18)15-12/h2-7,18H,1,8H2,(H2,14,17). The quantitative estimate of drug-likeness (QED) is 0.795. The van der Waals surface area contributed by atoms with Crippen LogP contribution in [-0.4, -0.2) is 21.1 Å². The Labute approximate surface area is 109 Å². The second-order valence-corrected chi connectivity index (χ2v) is 3.80. The summed E-state index contributed by atoms with van der Waals surface area (Å²) in [7, 11) is 0. The zero-order valence-electron chi connectivity index (χ0n) is 10.1. The topological polar surface area (TPSA) is 90.4 Å². The van der Waals surface area contributed by atoms with Crippen LogP contribution in [-0.2, 0) is 6.61 Å². The van der Waals surface area contributed by atoms with Crippen LogP contribution in [0.4, 0.5) is 0 Å². The van der Waals surface area contributed by atoms with E-state index in [4.69, 9.17) is 15.7 Å². The Morgan fingerprint density at radius 1 is 1.53 bits per heavy atom. The summed E-state index contributed by atoms with van der Waals surface area (Å²) in [6.45, 7) is 3.79. The number of nitrogens with zero attached hydrogens (tertiary/aromatic N) is 2. The fourth-order valence-corrected chi connectivity index (χ4v) is 1.71. The molecule has 0 radical (unpaired) electrons. The molecule has 2 rings (SSSR count). The highest BCUT2D eigenvalue weighted by Crippen LogP contribution is 2.18. The predicted octanol–water partition coefficient (Wildman–Crippen LogP) is 1.44. The van der Waals surface area contributed by atoms with Crippen LogP contribution in [0.5, 0.6) is 5.88 Å². The molecule has 1 aromatic heterocycles. The van der Waals surface area contributed by atoms with Crippen LogP contribution in [0.15, 0.2) is 37.0 Å². The summed E-state index contributed by atoms with van der Waals surface area (Å²) < 4.78 is 5.40. The molecule has 1 heterocycles. The fraction of sp³-hybridized carbons (Fsp3) is 0.0769. The van der Waals surface area contributed by atoms with Crippen molar-refractivity contribution >= 4 is 12.0 Å². The van der Waals surface area contributed by atoms with Gasteiger partial charge >= 0.3 is 0 Å². The first kappa shape index (κ1) is 12.7. The number of carbonyl (C=O) groups excluding carboxylic acids is 1. The molecule has 0 saturated heterocycles. The molecule has 6 heteroatoms. The molecule has 0 spiro atoms. The average Bonchev–Trinajstić information content (AvgIpc) is 2.81. The molecule has 0 atom stereocenters. The lowest BCUT2D eigenvalue weighted by atomic mass is 10.0. The lowest BCUT2D eigenvalue weighted by Crippen LogP contribution is -2.15. The van der Waals surface area contributed by atoms with Gasteiger partial charge in [-0.1, -0.05) is 29.9 Å². The van der Waals surface area contributed by atoms with E-state index in [1.54, 1.807) is 18.2 Å². The Hall–Kier alpha value is -2.76. The third kappa shape index (κ3) is 2.74. The number of nitrogens with two attached hydrogens (primary N) is 1. The minimum Gasteiger partial charge on any atom is -0.472 e. The molecular weight excluding hydrogens is 246 g/mol. The molecule has 6 nitrogen and oxygen atoms in total. The molecule has 0 aliphatic heterocycles. The van der Waals surface area contributed by atoms with Gasteiger partial charge in [-0.05, 0) is 11.6 Å². The molecule has 3 N–H and O–H groups in total. The number of rotatable bonds is 5. The smallest absolute Gasteiger partial charge is 0.249 e. The monoisotopic (exact) mass is 259 g/mol. The molecule has 0 bridgehead atoms. The van der Waals surface area contributed by atoms with Gasteiger partial charge in [0.05, 0.1) is 6.20 Å². The van der Waals surface area contributed by atoms with Crippen LogP contribution >= 0.6 is 0 Å². The minimum atomic E-state index is -0.532. The highest BCUT2D eigenvalue weighted by Gasteiger charge is 2.12. The third-order valence-electron chi connectivity index (χ3n) is 2.61. The van der Waals surface area contributed by atoms with Crippen LogP contribution < -0.4 is 10.5 Å². The largest absolute Gasteiger partial charge is 0.472 e. The zero-order valence-corrected chi connectivity index (χ0v) is 10.1. The van der Waals surface area contributed by atoms with Gasteiger partial charge < -0.3 is 15.7 Å².